The quantitative estimate of drug-likeness (QED) is 0.431. The minimum Gasteiger partial charge on any atom is -0.465 e. The molecule has 1 atom stereocenters. The average molecular weight is 396 g/mol. The van der Waals surface area contributed by atoms with Crippen LogP contribution in [0, 0.1) is 0 Å². The van der Waals surface area contributed by atoms with Crippen molar-refractivity contribution < 1.29 is 22.6 Å². The second-order valence-electron chi connectivity index (χ2n) is 6.41. The fraction of sp³-hybridized carbons (Fsp3) is 0.182. The molecule has 144 valence electrons. The lowest BCUT2D eigenvalue weighted by Gasteiger charge is -2.22. The fourth-order valence-corrected chi connectivity index (χ4v) is 4.49. The lowest BCUT2D eigenvalue weighted by atomic mass is 10.2. The summed E-state index contributed by atoms with van der Waals surface area (Å²) in [6.45, 7) is 2.40. The third-order valence-corrected chi connectivity index (χ3v) is 6.28. The molecule has 0 spiro atoms. The summed E-state index contributed by atoms with van der Waals surface area (Å²) in [6.07, 6.45) is 0.192. The van der Waals surface area contributed by atoms with Crippen LogP contribution in [-0.2, 0) is 21.2 Å². The molecule has 3 aromatic rings. The van der Waals surface area contributed by atoms with Gasteiger partial charge in [0.25, 0.3) is 0 Å². The molecule has 0 radical (unpaired) electrons. The van der Waals surface area contributed by atoms with Crippen LogP contribution in [0.4, 0.5) is 0 Å². The van der Waals surface area contributed by atoms with E-state index in [2.05, 4.69) is 0 Å². The Morgan fingerprint density at radius 2 is 1.61 bits per heavy atom. The lowest BCUT2D eigenvalue weighted by molar-refractivity contribution is -0.0906. The first-order valence-corrected chi connectivity index (χ1v) is 10.5. The van der Waals surface area contributed by atoms with Crippen LogP contribution in [0.15, 0.2) is 82.6 Å². The van der Waals surface area contributed by atoms with E-state index in [4.69, 9.17) is 14.2 Å². The lowest BCUT2D eigenvalue weighted by Crippen LogP contribution is -2.19. The number of rotatable bonds is 6. The first kappa shape index (κ1) is 18.5. The summed E-state index contributed by atoms with van der Waals surface area (Å²) in [7, 11) is -3.61. The van der Waals surface area contributed by atoms with Gasteiger partial charge in [0.2, 0.25) is 9.84 Å². The number of hydrogen-bond acceptors (Lipinski definition) is 5. The molecular weight excluding hydrogens is 376 g/mol. The van der Waals surface area contributed by atoms with Gasteiger partial charge in [0, 0.05) is 12.5 Å². The fourth-order valence-electron chi connectivity index (χ4n) is 3.01. The Morgan fingerprint density at radius 1 is 0.893 bits per heavy atom. The van der Waals surface area contributed by atoms with E-state index in [-0.39, 0.29) is 15.5 Å². The monoisotopic (exact) mass is 396 g/mol. The summed E-state index contributed by atoms with van der Waals surface area (Å²) in [6, 6.07) is 21.2. The predicted octanol–water partition coefficient (Wildman–Crippen LogP) is 4.96. The van der Waals surface area contributed by atoms with Gasteiger partial charge in [-0.25, -0.2) is 8.42 Å². The Morgan fingerprint density at radius 3 is 2.39 bits per heavy atom. The van der Waals surface area contributed by atoms with Crippen LogP contribution in [0.3, 0.4) is 0 Å². The highest BCUT2D eigenvalue weighted by molar-refractivity contribution is 7.91. The van der Waals surface area contributed by atoms with Crippen LogP contribution in [0.1, 0.15) is 18.9 Å². The Labute approximate surface area is 164 Å². The SMILES string of the molecule is CCC(OCc1ccccc1)Oc1ccc2c(c1)Oc1ccccc1S2(=O)=O. The Kier molecular flexibility index (Phi) is 5.07. The van der Waals surface area contributed by atoms with Gasteiger partial charge < -0.3 is 14.2 Å². The van der Waals surface area contributed by atoms with Gasteiger partial charge in [0.15, 0.2) is 6.29 Å². The molecule has 5 nitrogen and oxygen atoms in total. The van der Waals surface area contributed by atoms with Crippen molar-refractivity contribution in [2.24, 2.45) is 0 Å². The Hall–Kier alpha value is -2.83. The molecule has 0 fully saturated rings. The second-order valence-corrected chi connectivity index (χ2v) is 8.30. The van der Waals surface area contributed by atoms with Crippen LogP contribution in [0.5, 0.6) is 17.2 Å². The molecule has 0 saturated carbocycles. The van der Waals surface area contributed by atoms with Gasteiger partial charge in [-0.2, -0.15) is 0 Å². The summed E-state index contributed by atoms with van der Waals surface area (Å²) < 4.78 is 43.1. The Balaban J connectivity index is 1.53. The largest absolute Gasteiger partial charge is 0.465 e. The maximum absolute atomic E-state index is 12.8. The highest BCUT2D eigenvalue weighted by atomic mass is 32.2. The van der Waals surface area contributed by atoms with E-state index in [1.165, 1.54) is 6.07 Å². The van der Waals surface area contributed by atoms with Crippen LogP contribution in [0.25, 0.3) is 0 Å². The van der Waals surface area contributed by atoms with Gasteiger partial charge in [-0.1, -0.05) is 49.4 Å². The molecule has 4 rings (SSSR count). The zero-order valence-corrected chi connectivity index (χ0v) is 16.2. The topological polar surface area (TPSA) is 61.8 Å². The molecule has 6 heteroatoms. The molecule has 1 aliphatic heterocycles. The van der Waals surface area contributed by atoms with Crippen molar-refractivity contribution >= 4 is 9.84 Å². The number of benzene rings is 3. The van der Waals surface area contributed by atoms with Crippen LogP contribution >= 0.6 is 0 Å². The van der Waals surface area contributed by atoms with E-state index in [0.717, 1.165) is 5.56 Å². The summed E-state index contributed by atoms with van der Waals surface area (Å²) in [5.41, 5.74) is 1.06. The highest BCUT2D eigenvalue weighted by Crippen LogP contribution is 2.43. The maximum Gasteiger partial charge on any atom is 0.213 e. The van der Waals surface area contributed by atoms with Crippen molar-refractivity contribution in [2.75, 3.05) is 0 Å². The second kappa shape index (κ2) is 7.66. The van der Waals surface area contributed by atoms with Crippen molar-refractivity contribution in [1.82, 2.24) is 0 Å². The Bertz CT molecular complexity index is 1080. The molecule has 1 unspecified atom stereocenters. The number of sulfone groups is 1. The minimum absolute atomic E-state index is 0.136. The van der Waals surface area contributed by atoms with Crippen molar-refractivity contribution in [2.45, 2.75) is 36.0 Å². The van der Waals surface area contributed by atoms with E-state index in [9.17, 15) is 8.42 Å². The predicted molar refractivity (Wildman–Crippen MR) is 104 cm³/mol. The highest BCUT2D eigenvalue weighted by Gasteiger charge is 2.31. The summed E-state index contributed by atoms with van der Waals surface area (Å²) in [5, 5.41) is 0. The van der Waals surface area contributed by atoms with Gasteiger partial charge in [-0.15, -0.1) is 0 Å². The van der Waals surface area contributed by atoms with Crippen molar-refractivity contribution in [3.8, 4) is 17.2 Å². The molecule has 0 bridgehead atoms. The number of ether oxygens (including phenoxy) is 3. The summed E-state index contributed by atoms with van der Waals surface area (Å²) in [4.78, 5) is 0.311. The molecule has 28 heavy (non-hydrogen) atoms. The summed E-state index contributed by atoms with van der Waals surface area (Å²) in [5.74, 6) is 1.07. The zero-order valence-electron chi connectivity index (χ0n) is 15.4. The minimum atomic E-state index is -3.61. The molecule has 0 aromatic heterocycles. The van der Waals surface area contributed by atoms with Gasteiger partial charge in [-0.05, 0) is 29.8 Å². The zero-order chi connectivity index (χ0) is 19.6. The van der Waals surface area contributed by atoms with Gasteiger partial charge in [0.1, 0.15) is 27.0 Å². The van der Waals surface area contributed by atoms with E-state index in [1.54, 1.807) is 36.4 Å². The molecule has 0 amide bonds. The van der Waals surface area contributed by atoms with Gasteiger partial charge in [-0.3, -0.25) is 0 Å². The molecule has 0 N–H and O–H groups in total. The number of para-hydroxylation sites is 1. The third-order valence-electron chi connectivity index (χ3n) is 4.44. The molecular formula is C22H20O5S. The average Bonchev–Trinajstić information content (AvgIpc) is 2.72. The third kappa shape index (κ3) is 3.61. The normalized spacial score (nSPS) is 15.0. The van der Waals surface area contributed by atoms with Crippen molar-refractivity contribution in [3.63, 3.8) is 0 Å². The standard InChI is InChI=1S/C22H20O5S/c1-2-22(25-15-16-8-4-3-5-9-16)26-17-12-13-21-19(14-17)27-18-10-6-7-11-20(18)28(21,23)24/h3-14,22H,2,15H2,1H3. The molecule has 1 aliphatic rings. The van der Waals surface area contributed by atoms with Crippen LogP contribution < -0.4 is 9.47 Å². The molecule has 1 heterocycles. The number of fused-ring (bicyclic) bond motifs is 2. The summed E-state index contributed by atoms with van der Waals surface area (Å²) >= 11 is 0. The first-order valence-electron chi connectivity index (χ1n) is 9.06. The first-order chi connectivity index (χ1) is 13.6. The molecule has 3 aromatic carbocycles. The van der Waals surface area contributed by atoms with Crippen LogP contribution in [0.2, 0.25) is 0 Å². The van der Waals surface area contributed by atoms with Gasteiger partial charge in [0.05, 0.1) is 6.61 Å². The molecule has 0 aliphatic carbocycles. The maximum atomic E-state index is 12.8. The van der Waals surface area contributed by atoms with E-state index < -0.39 is 16.1 Å². The van der Waals surface area contributed by atoms with Crippen molar-refractivity contribution in [1.29, 1.82) is 0 Å². The van der Waals surface area contributed by atoms with E-state index in [0.29, 0.717) is 24.5 Å². The van der Waals surface area contributed by atoms with Gasteiger partial charge >= 0.3 is 0 Å². The smallest absolute Gasteiger partial charge is 0.213 e. The number of hydrogen-bond donors (Lipinski definition) is 0. The van der Waals surface area contributed by atoms with Crippen molar-refractivity contribution in [3.05, 3.63) is 78.4 Å². The van der Waals surface area contributed by atoms with E-state index in [1.807, 2.05) is 37.3 Å². The van der Waals surface area contributed by atoms with E-state index >= 15 is 0 Å². The van der Waals surface area contributed by atoms with Crippen LogP contribution in [-0.4, -0.2) is 14.7 Å². The molecule has 0 saturated heterocycles.